The van der Waals surface area contributed by atoms with Crippen LogP contribution >= 0.6 is 0 Å². The lowest BCUT2D eigenvalue weighted by molar-refractivity contribution is 0.613. The van der Waals surface area contributed by atoms with E-state index in [0.29, 0.717) is 0 Å². The average molecular weight is 277 g/mol. The second-order valence-corrected chi connectivity index (χ2v) is 5.83. The van der Waals surface area contributed by atoms with Crippen molar-refractivity contribution in [3.8, 4) is 11.1 Å². The van der Waals surface area contributed by atoms with Gasteiger partial charge in [-0.1, -0.05) is 30.7 Å². The molecule has 0 atom stereocenters. The smallest absolute Gasteiger partial charge is 0.145 e. The van der Waals surface area contributed by atoms with Crippen LogP contribution in [0.25, 0.3) is 11.1 Å². The molecule has 4 heteroatoms. The summed E-state index contributed by atoms with van der Waals surface area (Å²) in [5, 5.41) is 0. The molecule has 3 nitrogen and oxygen atoms in total. The summed E-state index contributed by atoms with van der Waals surface area (Å²) in [4.78, 5) is 3.16. The molecule has 0 radical (unpaired) electrons. The molecule has 102 valence electrons. The molecular formula is C15H19NO2S. The minimum atomic E-state index is -2.42. The molecule has 0 amide bonds. The molecule has 0 spiro atoms. The predicted octanol–water partition coefficient (Wildman–Crippen LogP) is 2.97. The van der Waals surface area contributed by atoms with E-state index in [-0.39, 0.29) is 5.75 Å². The molecule has 2 rings (SSSR count). The number of hydrogen-bond donors (Lipinski definition) is 2. The Balaban J connectivity index is 2.58. The summed E-state index contributed by atoms with van der Waals surface area (Å²) in [7, 11) is -2.42. The van der Waals surface area contributed by atoms with Gasteiger partial charge in [-0.2, -0.15) is 0 Å². The van der Waals surface area contributed by atoms with Crippen molar-refractivity contribution in [2.24, 2.45) is 0 Å². The molecule has 1 aromatic heterocycles. The van der Waals surface area contributed by atoms with Crippen LogP contribution in [0.15, 0.2) is 24.3 Å². The number of H-pyrrole nitrogens is 1. The lowest BCUT2D eigenvalue weighted by Crippen LogP contribution is -1.94. The van der Waals surface area contributed by atoms with Crippen LogP contribution in [0.2, 0.25) is 0 Å². The van der Waals surface area contributed by atoms with E-state index in [4.69, 9.17) is 0 Å². The lowest BCUT2D eigenvalue weighted by Gasteiger charge is -2.09. The number of thiol groups is 1. The van der Waals surface area contributed by atoms with Crippen molar-refractivity contribution in [3.63, 3.8) is 0 Å². The van der Waals surface area contributed by atoms with E-state index in [0.717, 1.165) is 28.9 Å². The Hall–Kier alpha value is -1.55. The van der Waals surface area contributed by atoms with Gasteiger partial charge in [0.2, 0.25) is 0 Å². The summed E-state index contributed by atoms with van der Waals surface area (Å²) >= 11 is 0. The molecule has 0 fully saturated rings. The van der Waals surface area contributed by atoms with Gasteiger partial charge < -0.3 is 4.98 Å². The summed E-state index contributed by atoms with van der Waals surface area (Å²) < 4.78 is 22.0. The second-order valence-electron chi connectivity index (χ2n) is 4.85. The van der Waals surface area contributed by atoms with Crippen molar-refractivity contribution in [2.75, 3.05) is 0 Å². The highest BCUT2D eigenvalue weighted by Crippen LogP contribution is 2.29. The molecule has 0 saturated heterocycles. The fourth-order valence-corrected chi connectivity index (χ4v) is 2.92. The topological polar surface area (TPSA) is 49.9 Å². The predicted molar refractivity (Wildman–Crippen MR) is 79.1 cm³/mol. The Labute approximate surface area is 115 Å². The molecule has 0 aliphatic rings. The average Bonchev–Trinajstić information content (AvgIpc) is 2.69. The highest BCUT2D eigenvalue weighted by molar-refractivity contribution is 7.71. The van der Waals surface area contributed by atoms with Gasteiger partial charge in [0.25, 0.3) is 0 Å². The molecule has 1 aromatic carbocycles. The molecule has 0 aliphatic carbocycles. The second kappa shape index (κ2) is 5.61. The Morgan fingerprint density at radius 2 is 1.84 bits per heavy atom. The third kappa shape index (κ3) is 3.07. The van der Waals surface area contributed by atoms with Gasteiger partial charge in [0.1, 0.15) is 10.7 Å². The van der Waals surface area contributed by atoms with Crippen molar-refractivity contribution in [1.29, 1.82) is 0 Å². The highest BCUT2D eigenvalue weighted by atomic mass is 32.2. The molecular weight excluding hydrogens is 258 g/mol. The number of aromatic amines is 1. The zero-order valence-electron chi connectivity index (χ0n) is 11.5. The van der Waals surface area contributed by atoms with Crippen LogP contribution in [0.1, 0.15) is 29.4 Å². The van der Waals surface area contributed by atoms with E-state index in [1.165, 1.54) is 11.1 Å². The molecule has 0 aliphatic heterocycles. The third-order valence-corrected chi connectivity index (χ3v) is 3.83. The Kier molecular flexibility index (Phi) is 4.10. The van der Waals surface area contributed by atoms with Gasteiger partial charge in [-0.15, -0.1) is 0 Å². The largest absolute Gasteiger partial charge is 0.361 e. The van der Waals surface area contributed by atoms with Crippen molar-refractivity contribution in [3.05, 3.63) is 46.8 Å². The summed E-state index contributed by atoms with van der Waals surface area (Å²) in [6, 6.07) is 8.34. The van der Waals surface area contributed by atoms with Crippen LogP contribution in [0.5, 0.6) is 0 Å². The minimum absolute atomic E-state index is 0.0650. The first-order valence-corrected chi connectivity index (χ1v) is 7.77. The molecule has 0 unspecified atom stereocenters. The summed E-state index contributed by atoms with van der Waals surface area (Å²) in [6.07, 6.45) is 0.935. The van der Waals surface area contributed by atoms with Crippen LogP contribution in [0, 0.1) is 13.8 Å². The minimum Gasteiger partial charge on any atom is -0.361 e. The van der Waals surface area contributed by atoms with E-state index < -0.39 is 10.7 Å². The Morgan fingerprint density at radius 3 is 2.47 bits per heavy atom. The molecule has 2 aromatic rings. The number of hydrogen-bond acceptors (Lipinski definition) is 2. The van der Waals surface area contributed by atoms with E-state index in [2.05, 4.69) is 37.0 Å². The van der Waals surface area contributed by atoms with Crippen molar-refractivity contribution < 1.29 is 8.42 Å². The van der Waals surface area contributed by atoms with Gasteiger partial charge in [-0.25, -0.2) is 8.42 Å². The van der Waals surface area contributed by atoms with Gasteiger partial charge in [0.15, 0.2) is 0 Å². The Morgan fingerprint density at radius 1 is 1.11 bits per heavy atom. The first-order valence-electron chi connectivity index (χ1n) is 6.41. The first-order chi connectivity index (χ1) is 9.01. The highest BCUT2D eigenvalue weighted by Gasteiger charge is 2.12. The molecule has 0 saturated carbocycles. The van der Waals surface area contributed by atoms with Crippen molar-refractivity contribution >= 4 is 10.7 Å². The monoisotopic (exact) mass is 277 g/mol. The van der Waals surface area contributed by atoms with Crippen LogP contribution in [-0.4, -0.2) is 13.4 Å². The van der Waals surface area contributed by atoms with Crippen LogP contribution in [-0.2, 0) is 22.9 Å². The standard InChI is InChI=1S/C15H19NO2S/c1-4-12-7-10(2)5-6-13(12)14-8-11(3)16-15(14)9-19(17)18/h5-8,16,19H,4,9H2,1-3H3. The fourth-order valence-electron chi connectivity index (χ4n) is 2.42. The van der Waals surface area contributed by atoms with Gasteiger partial charge in [0.05, 0.1) is 5.75 Å². The zero-order chi connectivity index (χ0) is 14.0. The normalized spacial score (nSPS) is 11.2. The SMILES string of the molecule is CCc1cc(C)ccc1-c1cc(C)[nH]c1C[SH](=O)=O. The summed E-state index contributed by atoms with van der Waals surface area (Å²) in [5.74, 6) is 0.0650. The van der Waals surface area contributed by atoms with E-state index in [1.54, 1.807) is 0 Å². The molecule has 1 N–H and O–H groups in total. The van der Waals surface area contributed by atoms with Crippen molar-refractivity contribution in [1.82, 2.24) is 4.98 Å². The molecule has 19 heavy (non-hydrogen) atoms. The van der Waals surface area contributed by atoms with Gasteiger partial charge in [0, 0.05) is 17.0 Å². The van der Waals surface area contributed by atoms with Crippen LogP contribution in [0.4, 0.5) is 0 Å². The number of nitrogens with one attached hydrogen (secondary N) is 1. The summed E-state index contributed by atoms with van der Waals surface area (Å²) in [6.45, 7) is 6.14. The number of rotatable bonds is 4. The summed E-state index contributed by atoms with van der Waals surface area (Å²) in [5.41, 5.74) is 6.39. The van der Waals surface area contributed by atoms with E-state index >= 15 is 0 Å². The molecule has 1 heterocycles. The van der Waals surface area contributed by atoms with Crippen LogP contribution in [0.3, 0.4) is 0 Å². The zero-order valence-corrected chi connectivity index (χ0v) is 12.4. The maximum absolute atomic E-state index is 11.0. The number of benzene rings is 1. The maximum atomic E-state index is 11.0. The number of aromatic nitrogens is 1. The third-order valence-electron chi connectivity index (χ3n) is 3.25. The fraction of sp³-hybridized carbons (Fsp3) is 0.333. The van der Waals surface area contributed by atoms with Crippen molar-refractivity contribution in [2.45, 2.75) is 32.9 Å². The van der Waals surface area contributed by atoms with Gasteiger partial charge >= 0.3 is 0 Å². The number of aryl methyl sites for hydroxylation is 3. The van der Waals surface area contributed by atoms with Gasteiger partial charge in [-0.05, 0) is 37.5 Å². The van der Waals surface area contributed by atoms with E-state index in [9.17, 15) is 8.42 Å². The van der Waals surface area contributed by atoms with E-state index in [1.807, 2.05) is 13.0 Å². The quantitative estimate of drug-likeness (QED) is 0.844. The first kappa shape index (κ1) is 13.9. The lowest BCUT2D eigenvalue weighted by atomic mass is 9.96. The maximum Gasteiger partial charge on any atom is 0.145 e. The Bertz CT molecular complexity index is 661. The molecule has 0 bridgehead atoms. The van der Waals surface area contributed by atoms with Gasteiger partial charge in [-0.3, -0.25) is 0 Å². The van der Waals surface area contributed by atoms with Crippen LogP contribution < -0.4 is 0 Å².